The lowest BCUT2D eigenvalue weighted by atomic mass is 9.93. The minimum Gasteiger partial charge on any atom is -0.275 e. The molecule has 1 fully saturated rings. The van der Waals surface area contributed by atoms with Crippen molar-refractivity contribution in [2.75, 3.05) is 27.2 Å². The third kappa shape index (κ3) is 3.19. The van der Waals surface area contributed by atoms with E-state index >= 15 is 0 Å². The molecule has 1 aliphatic heterocycles. The number of aryl methyl sites for hydroxylation is 1. The van der Waals surface area contributed by atoms with Crippen molar-refractivity contribution in [1.82, 2.24) is 28.4 Å². The fraction of sp³-hybridized carbons (Fsp3) is 0.533. The average Bonchev–Trinajstić information content (AvgIpc) is 3.01. The van der Waals surface area contributed by atoms with Crippen molar-refractivity contribution >= 4 is 10.2 Å². The number of nitrogens with zero attached hydrogens (tertiary/aromatic N) is 6. The Bertz CT molecular complexity index is 817. The molecular formula is C15H22N6O2S. The Morgan fingerprint density at radius 3 is 2.67 bits per heavy atom. The number of piperidine rings is 1. The minimum absolute atomic E-state index is 0.0254. The minimum atomic E-state index is -3.41. The molecule has 0 aliphatic carbocycles. The molecule has 8 nitrogen and oxygen atoms in total. The molecule has 1 aliphatic rings. The van der Waals surface area contributed by atoms with Crippen molar-refractivity contribution in [3.63, 3.8) is 0 Å². The second-order valence-corrected chi connectivity index (χ2v) is 8.32. The Hall–Kier alpha value is -1.84. The summed E-state index contributed by atoms with van der Waals surface area (Å²) in [6.07, 6.45) is 8.67. The van der Waals surface area contributed by atoms with Gasteiger partial charge in [0.15, 0.2) is 0 Å². The molecule has 3 heterocycles. The highest BCUT2D eigenvalue weighted by molar-refractivity contribution is 7.86. The van der Waals surface area contributed by atoms with Crippen molar-refractivity contribution in [3.8, 4) is 11.3 Å². The number of hydrogen-bond donors (Lipinski definition) is 0. The molecule has 0 N–H and O–H groups in total. The van der Waals surface area contributed by atoms with Crippen LogP contribution in [0.3, 0.4) is 0 Å². The Morgan fingerprint density at radius 1 is 1.25 bits per heavy atom. The van der Waals surface area contributed by atoms with E-state index < -0.39 is 10.2 Å². The summed E-state index contributed by atoms with van der Waals surface area (Å²) in [6.45, 7) is 0.964. The molecule has 0 saturated carbocycles. The molecule has 0 aromatic carbocycles. The average molecular weight is 350 g/mol. The first-order valence-electron chi connectivity index (χ1n) is 7.87. The number of rotatable bonds is 4. The van der Waals surface area contributed by atoms with Crippen molar-refractivity contribution in [2.24, 2.45) is 7.05 Å². The van der Waals surface area contributed by atoms with Crippen LogP contribution in [-0.2, 0) is 17.3 Å². The summed E-state index contributed by atoms with van der Waals surface area (Å²) < 4.78 is 29.4. The molecule has 1 unspecified atom stereocenters. The highest BCUT2D eigenvalue weighted by Crippen LogP contribution is 2.32. The third-order valence-electron chi connectivity index (χ3n) is 4.26. The molecule has 2 aromatic rings. The van der Waals surface area contributed by atoms with Crippen LogP contribution in [0.25, 0.3) is 11.3 Å². The standard InChI is InChI=1S/C15H22N6O2S/c1-19(2)24(22,23)21-8-4-5-12(11-21)14-15(17-7-6-16-14)13-9-18-20(3)10-13/h6-7,9-10,12H,4-5,8,11H2,1-3H3. The van der Waals surface area contributed by atoms with Gasteiger partial charge in [0.25, 0.3) is 10.2 Å². The zero-order chi connectivity index (χ0) is 17.3. The molecular weight excluding hydrogens is 328 g/mol. The fourth-order valence-electron chi connectivity index (χ4n) is 3.02. The quantitative estimate of drug-likeness (QED) is 0.817. The largest absolute Gasteiger partial charge is 0.281 e. The molecule has 1 atom stereocenters. The van der Waals surface area contributed by atoms with Crippen LogP contribution in [0.15, 0.2) is 24.8 Å². The first kappa shape index (κ1) is 17.0. The zero-order valence-electron chi connectivity index (χ0n) is 14.1. The molecule has 0 radical (unpaired) electrons. The van der Waals surface area contributed by atoms with Gasteiger partial charge in [0.1, 0.15) is 0 Å². The molecule has 24 heavy (non-hydrogen) atoms. The van der Waals surface area contributed by atoms with Crippen LogP contribution in [0.2, 0.25) is 0 Å². The van der Waals surface area contributed by atoms with E-state index in [1.807, 2.05) is 13.2 Å². The maximum Gasteiger partial charge on any atom is 0.281 e. The van der Waals surface area contributed by atoms with Gasteiger partial charge in [-0.1, -0.05) is 0 Å². The van der Waals surface area contributed by atoms with Gasteiger partial charge < -0.3 is 0 Å². The highest BCUT2D eigenvalue weighted by atomic mass is 32.2. The molecule has 130 valence electrons. The normalized spacial score (nSPS) is 19.8. The van der Waals surface area contributed by atoms with E-state index in [4.69, 9.17) is 0 Å². The van der Waals surface area contributed by atoms with Crippen LogP contribution in [0, 0.1) is 0 Å². The Morgan fingerprint density at radius 2 is 2.00 bits per heavy atom. The maximum absolute atomic E-state index is 12.4. The van der Waals surface area contributed by atoms with Crippen molar-refractivity contribution < 1.29 is 8.42 Å². The molecule has 2 aromatic heterocycles. The SMILES string of the molecule is CN(C)S(=O)(=O)N1CCCC(c2nccnc2-c2cnn(C)c2)C1. The van der Waals surface area contributed by atoms with Crippen LogP contribution in [-0.4, -0.2) is 64.0 Å². The van der Waals surface area contributed by atoms with Gasteiger partial charge in [-0.25, -0.2) is 0 Å². The molecule has 9 heteroatoms. The van der Waals surface area contributed by atoms with Gasteiger partial charge in [0, 0.05) is 64.3 Å². The highest BCUT2D eigenvalue weighted by Gasteiger charge is 2.33. The third-order valence-corrected chi connectivity index (χ3v) is 6.17. The molecule has 0 bridgehead atoms. The lowest BCUT2D eigenvalue weighted by molar-refractivity contribution is 0.296. The van der Waals surface area contributed by atoms with Crippen LogP contribution < -0.4 is 0 Å². The lowest BCUT2D eigenvalue weighted by Gasteiger charge is -2.33. The van der Waals surface area contributed by atoms with Gasteiger partial charge >= 0.3 is 0 Å². The Kier molecular flexibility index (Phi) is 4.66. The summed E-state index contributed by atoms with van der Waals surface area (Å²) in [5, 5.41) is 4.19. The summed E-state index contributed by atoms with van der Waals surface area (Å²) in [5.41, 5.74) is 2.51. The van der Waals surface area contributed by atoms with Gasteiger partial charge in [-0.3, -0.25) is 14.6 Å². The maximum atomic E-state index is 12.4. The van der Waals surface area contributed by atoms with E-state index in [0.29, 0.717) is 13.1 Å². The number of aromatic nitrogens is 4. The first-order valence-corrected chi connectivity index (χ1v) is 9.27. The summed E-state index contributed by atoms with van der Waals surface area (Å²) in [7, 11) is 1.56. The van der Waals surface area contributed by atoms with Crippen LogP contribution >= 0.6 is 0 Å². The molecule has 0 spiro atoms. The van der Waals surface area contributed by atoms with Gasteiger partial charge in [-0.05, 0) is 12.8 Å². The van der Waals surface area contributed by atoms with Crippen LogP contribution in [0.5, 0.6) is 0 Å². The Balaban J connectivity index is 1.92. The van der Waals surface area contributed by atoms with E-state index in [0.717, 1.165) is 29.8 Å². The van der Waals surface area contributed by atoms with Crippen molar-refractivity contribution in [3.05, 3.63) is 30.5 Å². The van der Waals surface area contributed by atoms with E-state index in [9.17, 15) is 8.42 Å². The topological polar surface area (TPSA) is 84.2 Å². The fourth-order valence-corrected chi connectivity index (χ4v) is 4.21. The summed E-state index contributed by atoms with van der Waals surface area (Å²) in [6, 6.07) is 0. The van der Waals surface area contributed by atoms with Crippen LogP contribution in [0.4, 0.5) is 0 Å². The summed E-state index contributed by atoms with van der Waals surface area (Å²) in [4.78, 5) is 8.98. The summed E-state index contributed by atoms with van der Waals surface area (Å²) >= 11 is 0. The van der Waals surface area contributed by atoms with Crippen LogP contribution in [0.1, 0.15) is 24.5 Å². The van der Waals surface area contributed by atoms with Gasteiger partial charge in [-0.2, -0.15) is 22.1 Å². The van der Waals surface area contributed by atoms with E-state index in [1.165, 1.54) is 8.61 Å². The van der Waals surface area contributed by atoms with E-state index in [2.05, 4.69) is 15.1 Å². The van der Waals surface area contributed by atoms with Gasteiger partial charge in [-0.15, -0.1) is 0 Å². The molecule has 0 amide bonds. The smallest absolute Gasteiger partial charge is 0.275 e. The van der Waals surface area contributed by atoms with E-state index in [-0.39, 0.29) is 5.92 Å². The predicted octanol–water partition coefficient (Wildman–Crippen LogP) is 0.863. The number of hydrogen-bond acceptors (Lipinski definition) is 5. The molecule has 3 rings (SSSR count). The second-order valence-electron chi connectivity index (χ2n) is 6.18. The molecule has 1 saturated heterocycles. The monoisotopic (exact) mass is 350 g/mol. The van der Waals surface area contributed by atoms with Crippen molar-refractivity contribution in [2.45, 2.75) is 18.8 Å². The van der Waals surface area contributed by atoms with Gasteiger partial charge in [0.2, 0.25) is 0 Å². The predicted molar refractivity (Wildman–Crippen MR) is 90.4 cm³/mol. The first-order chi connectivity index (χ1) is 11.4. The Labute approximate surface area is 142 Å². The van der Waals surface area contributed by atoms with E-state index in [1.54, 1.807) is 37.4 Å². The van der Waals surface area contributed by atoms with Crippen molar-refractivity contribution in [1.29, 1.82) is 0 Å². The summed E-state index contributed by atoms with van der Waals surface area (Å²) in [5.74, 6) is 0.0254. The second kappa shape index (κ2) is 6.58. The zero-order valence-corrected chi connectivity index (χ0v) is 14.9. The van der Waals surface area contributed by atoms with Gasteiger partial charge in [0.05, 0.1) is 17.6 Å². The lowest BCUT2D eigenvalue weighted by Crippen LogP contribution is -2.45.